The predicted molar refractivity (Wildman–Crippen MR) is 63.8 cm³/mol. The molecule has 0 fully saturated rings. The summed E-state index contributed by atoms with van der Waals surface area (Å²) in [5, 5.41) is 0. The second-order valence-corrected chi connectivity index (χ2v) is 4.86. The van der Waals surface area contributed by atoms with Gasteiger partial charge in [-0.25, -0.2) is 4.98 Å². The number of hydrogen-bond donors (Lipinski definition) is 0. The van der Waals surface area contributed by atoms with Crippen molar-refractivity contribution in [2.45, 2.75) is 6.92 Å². The van der Waals surface area contributed by atoms with Gasteiger partial charge in [0.05, 0.1) is 12.8 Å². The van der Waals surface area contributed by atoms with Crippen LogP contribution in [0.5, 0.6) is 5.75 Å². The summed E-state index contributed by atoms with van der Waals surface area (Å²) in [6, 6.07) is 7.80. The van der Waals surface area contributed by atoms with Gasteiger partial charge < -0.3 is 4.74 Å². The molecule has 0 radical (unpaired) electrons. The summed E-state index contributed by atoms with van der Waals surface area (Å²) in [5.41, 5.74) is 1.89. The van der Waals surface area contributed by atoms with E-state index in [0.29, 0.717) is 4.47 Å². The maximum Gasteiger partial charge on any atom is 0.184 e. The number of para-hydroxylation sites is 1. The van der Waals surface area contributed by atoms with E-state index in [4.69, 9.17) is 16.3 Å². The van der Waals surface area contributed by atoms with E-state index < -0.39 is 0 Å². The third-order valence-corrected chi connectivity index (χ3v) is 3.21. The Kier molecular flexibility index (Phi) is 2.93. The highest BCUT2D eigenvalue weighted by molar-refractivity contribution is 7.16. The molecule has 0 saturated carbocycles. The summed E-state index contributed by atoms with van der Waals surface area (Å²) in [6.45, 7) is 2.01. The Morgan fingerprint density at radius 1 is 1.33 bits per heavy atom. The lowest BCUT2D eigenvalue weighted by molar-refractivity contribution is 0.416. The molecule has 0 spiro atoms. The van der Waals surface area contributed by atoms with Crippen molar-refractivity contribution in [3.63, 3.8) is 0 Å². The van der Waals surface area contributed by atoms with Gasteiger partial charge in [0.1, 0.15) is 5.75 Å². The number of nitrogens with zero attached hydrogens (tertiary/aromatic N) is 1. The summed E-state index contributed by atoms with van der Waals surface area (Å²) in [7, 11) is 1.65. The van der Waals surface area contributed by atoms with Gasteiger partial charge >= 0.3 is 0 Å². The Hall–Kier alpha value is -1.06. The minimum Gasteiger partial charge on any atom is -0.496 e. The van der Waals surface area contributed by atoms with E-state index >= 15 is 0 Å². The van der Waals surface area contributed by atoms with E-state index in [1.54, 1.807) is 7.11 Å². The van der Waals surface area contributed by atoms with Crippen LogP contribution >= 0.6 is 22.9 Å². The van der Waals surface area contributed by atoms with Gasteiger partial charge in [0, 0.05) is 10.4 Å². The quantitative estimate of drug-likeness (QED) is 0.796. The Balaban J connectivity index is 2.58. The van der Waals surface area contributed by atoms with Crippen molar-refractivity contribution in [3.05, 3.63) is 33.6 Å². The number of aromatic nitrogens is 1. The van der Waals surface area contributed by atoms with Gasteiger partial charge in [-0.15, -0.1) is 11.3 Å². The molecule has 2 rings (SSSR count). The van der Waals surface area contributed by atoms with Crippen molar-refractivity contribution in [3.8, 4) is 17.0 Å². The van der Waals surface area contributed by atoms with E-state index in [1.807, 2.05) is 31.2 Å². The molecule has 0 amide bonds. The molecule has 1 aromatic carbocycles. The second kappa shape index (κ2) is 4.21. The van der Waals surface area contributed by atoms with Crippen LogP contribution in [0.25, 0.3) is 11.3 Å². The summed E-state index contributed by atoms with van der Waals surface area (Å²) in [6.07, 6.45) is 0. The summed E-state index contributed by atoms with van der Waals surface area (Å²) in [5.74, 6) is 0.822. The van der Waals surface area contributed by atoms with Crippen molar-refractivity contribution in [1.29, 1.82) is 0 Å². The number of thiazole rings is 1. The second-order valence-electron chi connectivity index (χ2n) is 3.07. The van der Waals surface area contributed by atoms with E-state index in [1.165, 1.54) is 11.3 Å². The first-order valence-corrected chi connectivity index (χ1v) is 5.68. The fraction of sp³-hybridized carbons (Fsp3) is 0.182. The van der Waals surface area contributed by atoms with Gasteiger partial charge in [-0.3, -0.25) is 0 Å². The molecule has 0 bridgehead atoms. The van der Waals surface area contributed by atoms with Gasteiger partial charge in [0.15, 0.2) is 4.47 Å². The van der Waals surface area contributed by atoms with Crippen LogP contribution in [0.1, 0.15) is 4.88 Å². The fourth-order valence-electron chi connectivity index (χ4n) is 1.45. The first-order chi connectivity index (χ1) is 7.22. The summed E-state index contributed by atoms with van der Waals surface area (Å²) >= 11 is 7.36. The van der Waals surface area contributed by atoms with Gasteiger partial charge in [0.25, 0.3) is 0 Å². The van der Waals surface area contributed by atoms with Crippen LogP contribution in [0.15, 0.2) is 24.3 Å². The highest BCUT2D eigenvalue weighted by atomic mass is 35.5. The summed E-state index contributed by atoms with van der Waals surface area (Å²) < 4.78 is 5.85. The lowest BCUT2D eigenvalue weighted by Gasteiger charge is -2.05. The minimum absolute atomic E-state index is 0.563. The molecule has 4 heteroatoms. The molecule has 1 heterocycles. The van der Waals surface area contributed by atoms with Crippen LogP contribution in [-0.4, -0.2) is 12.1 Å². The molecule has 1 aromatic heterocycles. The normalized spacial score (nSPS) is 10.3. The highest BCUT2D eigenvalue weighted by Crippen LogP contribution is 2.35. The van der Waals surface area contributed by atoms with Crippen LogP contribution < -0.4 is 4.74 Å². The third-order valence-electron chi connectivity index (χ3n) is 2.13. The molecule has 0 aliphatic heterocycles. The van der Waals surface area contributed by atoms with Crippen LogP contribution in [0.3, 0.4) is 0 Å². The molecule has 0 unspecified atom stereocenters. The molecule has 0 atom stereocenters. The van der Waals surface area contributed by atoms with Crippen molar-refractivity contribution < 1.29 is 4.74 Å². The first kappa shape index (κ1) is 10.5. The molecule has 15 heavy (non-hydrogen) atoms. The van der Waals surface area contributed by atoms with E-state index in [2.05, 4.69) is 4.98 Å². The standard InChI is InChI=1S/C11H10ClNOS/c1-7-10(13-11(12)15-7)8-5-3-4-6-9(8)14-2/h3-6H,1-2H3. The zero-order chi connectivity index (χ0) is 10.8. The topological polar surface area (TPSA) is 22.1 Å². The zero-order valence-corrected chi connectivity index (χ0v) is 10.0. The molecule has 78 valence electrons. The Bertz CT molecular complexity index is 481. The number of benzene rings is 1. The third kappa shape index (κ3) is 1.98. The van der Waals surface area contributed by atoms with Crippen LogP contribution in [0.2, 0.25) is 4.47 Å². The first-order valence-electron chi connectivity index (χ1n) is 4.48. The van der Waals surface area contributed by atoms with Crippen molar-refractivity contribution in [1.82, 2.24) is 4.98 Å². The van der Waals surface area contributed by atoms with E-state index in [9.17, 15) is 0 Å². The maximum absolute atomic E-state index is 5.88. The van der Waals surface area contributed by atoms with E-state index in [-0.39, 0.29) is 0 Å². The number of ether oxygens (including phenoxy) is 1. The number of methoxy groups -OCH3 is 1. The molecule has 0 N–H and O–H groups in total. The van der Waals surface area contributed by atoms with Gasteiger partial charge in [-0.2, -0.15) is 0 Å². The number of rotatable bonds is 2. The van der Waals surface area contributed by atoms with Crippen molar-refractivity contribution in [2.24, 2.45) is 0 Å². The molecule has 0 aliphatic carbocycles. The number of halogens is 1. The number of hydrogen-bond acceptors (Lipinski definition) is 3. The number of aryl methyl sites for hydroxylation is 1. The average Bonchev–Trinajstić information content (AvgIpc) is 2.57. The molecule has 0 aliphatic rings. The van der Waals surface area contributed by atoms with Crippen LogP contribution in [0, 0.1) is 6.92 Å². The predicted octanol–water partition coefficient (Wildman–Crippen LogP) is 3.78. The van der Waals surface area contributed by atoms with E-state index in [0.717, 1.165) is 21.9 Å². The summed E-state index contributed by atoms with van der Waals surface area (Å²) in [4.78, 5) is 5.39. The largest absolute Gasteiger partial charge is 0.496 e. The fourth-order valence-corrected chi connectivity index (χ4v) is 2.53. The molecule has 2 nitrogen and oxygen atoms in total. The van der Waals surface area contributed by atoms with Gasteiger partial charge in [0.2, 0.25) is 0 Å². The lowest BCUT2D eigenvalue weighted by Crippen LogP contribution is -1.88. The molecular formula is C11H10ClNOS. The maximum atomic E-state index is 5.88. The lowest BCUT2D eigenvalue weighted by atomic mass is 10.1. The van der Waals surface area contributed by atoms with Gasteiger partial charge in [-0.1, -0.05) is 23.7 Å². The Labute approximate surface area is 97.5 Å². The SMILES string of the molecule is COc1ccccc1-c1nc(Cl)sc1C. The average molecular weight is 240 g/mol. The monoisotopic (exact) mass is 239 g/mol. The molecular weight excluding hydrogens is 230 g/mol. The van der Waals surface area contributed by atoms with Crippen molar-refractivity contribution in [2.75, 3.05) is 7.11 Å². The Morgan fingerprint density at radius 2 is 2.07 bits per heavy atom. The van der Waals surface area contributed by atoms with Crippen molar-refractivity contribution >= 4 is 22.9 Å². The van der Waals surface area contributed by atoms with Crippen LogP contribution in [-0.2, 0) is 0 Å². The Morgan fingerprint density at radius 3 is 2.67 bits per heavy atom. The smallest absolute Gasteiger partial charge is 0.184 e. The minimum atomic E-state index is 0.563. The molecule has 0 saturated heterocycles. The van der Waals surface area contributed by atoms with Crippen LogP contribution in [0.4, 0.5) is 0 Å². The molecule has 2 aromatic rings. The highest BCUT2D eigenvalue weighted by Gasteiger charge is 2.12. The zero-order valence-electron chi connectivity index (χ0n) is 8.45. The van der Waals surface area contributed by atoms with Gasteiger partial charge in [-0.05, 0) is 19.1 Å².